The number of aliphatic carboxylic acids is 1. The van der Waals surface area contributed by atoms with Crippen molar-refractivity contribution in [2.24, 2.45) is 11.8 Å². The lowest BCUT2D eigenvalue weighted by molar-refractivity contribution is -0.145. The van der Waals surface area contributed by atoms with E-state index in [9.17, 15) is 36.3 Å². The fraction of sp³-hybridized carbons (Fsp3) is 0.333. The van der Waals surface area contributed by atoms with E-state index in [-0.39, 0.29) is 41.4 Å². The molecule has 0 unspecified atom stereocenters. The van der Waals surface area contributed by atoms with Crippen molar-refractivity contribution in [2.45, 2.75) is 41.7 Å². The van der Waals surface area contributed by atoms with Crippen molar-refractivity contribution in [2.75, 3.05) is 13.1 Å². The third-order valence-electron chi connectivity index (χ3n) is 8.27. The molecular formula is C30H28F3NO5S. The molecule has 1 heterocycles. The molecule has 1 aliphatic carbocycles. The van der Waals surface area contributed by atoms with Gasteiger partial charge in [-0.1, -0.05) is 30.3 Å². The van der Waals surface area contributed by atoms with Crippen LogP contribution in [0.5, 0.6) is 0 Å². The number of amides is 1. The molecule has 1 atom stereocenters. The van der Waals surface area contributed by atoms with E-state index in [4.69, 9.17) is 0 Å². The Morgan fingerprint density at radius 2 is 1.40 bits per heavy atom. The summed E-state index contributed by atoms with van der Waals surface area (Å²) in [6.45, 7) is -0.000379. The van der Waals surface area contributed by atoms with Gasteiger partial charge in [-0.3, -0.25) is 9.59 Å². The van der Waals surface area contributed by atoms with Gasteiger partial charge in [0, 0.05) is 19.0 Å². The van der Waals surface area contributed by atoms with E-state index in [1.165, 1.54) is 47.4 Å². The van der Waals surface area contributed by atoms with Crippen LogP contribution < -0.4 is 0 Å². The van der Waals surface area contributed by atoms with Crippen molar-refractivity contribution in [1.29, 1.82) is 0 Å². The monoisotopic (exact) mass is 571 g/mol. The number of nitrogens with zero attached hydrogens (tertiary/aromatic N) is 1. The van der Waals surface area contributed by atoms with E-state index in [2.05, 4.69) is 0 Å². The van der Waals surface area contributed by atoms with Gasteiger partial charge < -0.3 is 10.0 Å². The number of benzene rings is 3. The van der Waals surface area contributed by atoms with Gasteiger partial charge in [-0.05, 0) is 79.6 Å². The van der Waals surface area contributed by atoms with Crippen LogP contribution in [0, 0.1) is 29.3 Å². The van der Waals surface area contributed by atoms with Gasteiger partial charge in [0.05, 0.1) is 16.4 Å². The second kappa shape index (κ2) is 10.7. The van der Waals surface area contributed by atoms with Gasteiger partial charge in [-0.25, -0.2) is 21.6 Å². The molecule has 0 bridgehead atoms. The number of halogens is 3. The van der Waals surface area contributed by atoms with Gasteiger partial charge in [0.1, 0.15) is 22.2 Å². The Morgan fingerprint density at radius 1 is 0.825 bits per heavy atom. The highest BCUT2D eigenvalue weighted by molar-refractivity contribution is 7.92. The maximum absolute atomic E-state index is 14.4. The van der Waals surface area contributed by atoms with Gasteiger partial charge in [0.15, 0.2) is 9.84 Å². The summed E-state index contributed by atoms with van der Waals surface area (Å²) in [7, 11) is -4.17. The van der Waals surface area contributed by atoms with Crippen molar-refractivity contribution < 1.29 is 36.3 Å². The van der Waals surface area contributed by atoms with Crippen LogP contribution in [0.2, 0.25) is 0 Å². The topological polar surface area (TPSA) is 91.8 Å². The minimum absolute atomic E-state index is 0.0658. The standard InChI is InChI=1S/C30H28F3NO5S/c31-23-12-14-24(15-13-23)40(38,39)30(22-10-8-19(9-11-22)27-25(32)2-1-3-26(27)33)16-17-34(18-30)28(35)20-4-6-21(7-5-20)29(36)37/h1-3,8-15,20-21H,4-7,16-18H2,(H,36,37)/t20?,21?,30-/m0/s1. The first-order valence-corrected chi connectivity index (χ1v) is 14.6. The molecule has 5 rings (SSSR count). The van der Waals surface area contributed by atoms with Crippen LogP contribution in [-0.2, 0) is 24.2 Å². The molecule has 2 aliphatic rings. The first-order chi connectivity index (χ1) is 19.0. The molecule has 1 saturated carbocycles. The van der Waals surface area contributed by atoms with E-state index >= 15 is 0 Å². The third-order valence-corrected chi connectivity index (χ3v) is 10.8. The van der Waals surface area contributed by atoms with Crippen LogP contribution in [0.15, 0.2) is 71.6 Å². The number of rotatable bonds is 6. The lowest BCUT2D eigenvalue weighted by atomic mass is 9.81. The lowest BCUT2D eigenvalue weighted by Gasteiger charge is -2.32. The van der Waals surface area contributed by atoms with Crippen LogP contribution in [0.4, 0.5) is 13.2 Å². The van der Waals surface area contributed by atoms with Gasteiger partial charge in [0.25, 0.3) is 0 Å². The number of carbonyl (C=O) groups is 2. The van der Waals surface area contributed by atoms with E-state index < -0.39 is 49.8 Å². The number of hydrogen-bond donors (Lipinski definition) is 1. The van der Waals surface area contributed by atoms with Gasteiger partial charge in [-0.15, -0.1) is 0 Å². The number of carboxylic acid groups (broad SMARTS) is 1. The predicted octanol–water partition coefficient (Wildman–Crippen LogP) is 5.56. The smallest absolute Gasteiger partial charge is 0.306 e. The fourth-order valence-corrected chi connectivity index (χ4v) is 8.06. The summed E-state index contributed by atoms with van der Waals surface area (Å²) < 4.78 is 69.2. The molecule has 0 aromatic heterocycles. The van der Waals surface area contributed by atoms with Crippen LogP contribution in [0.3, 0.4) is 0 Å². The summed E-state index contributed by atoms with van der Waals surface area (Å²) in [6, 6.07) is 13.9. The maximum Gasteiger partial charge on any atom is 0.306 e. The van der Waals surface area contributed by atoms with Gasteiger partial charge in [0.2, 0.25) is 5.91 Å². The predicted molar refractivity (Wildman–Crippen MR) is 141 cm³/mol. The van der Waals surface area contributed by atoms with Crippen molar-refractivity contribution in [3.63, 3.8) is 0 Å². The van der Waals surface area contributed by atoms with Crippen molar-refractivity contribution in [3.05, 3.63) is 89.7 Å². The number of hydrogen-bond acceptors (Lipinski definition) is 4. The number of sulfone groups is 1. The van der Waals surface area contributed by atoms with Crippen molar-refractivity contribution in [1.82, 2.24) is 4.90 Å². The molecule has 1 aliphatic heterocycles. The molecule has 210 valence electrons. The zero-order valence-corrected chi connectivity index (χ0v) is 22.3. The van der Waals surface area contributed by atoms with E-state index in [0.29, 0.717) is 31.2 Å². The SMILES string of the molecule is O=C(O)C1CCC(C(=O)N2CC[C@](c3ccc(-c4c(F)cccc4F)cc3)(S(=O)(=O)c3ccc(F)cc3)C2)CC1. The Kier molecular flexibility index (Phi) is 7.48. The molecule has 1 amide bonds. The quantitative estimate of drug-likeness (QED) is 0.391. The summed E-state index contributed by atoms with van der Waals surface area (Å²) >= 11 is 0. The summed E-state index contributed by atoms with van der Waals surface area (Å²) in [4.78, 5) is 26.2. The Balaban J connectivity index is 1.50. The second-order valence-corrected chi connectivity index (χ2v) is 12.8. The highest BCUT2D eigenvalue weighted by atomic mass is 32.2. The Bertz CT molecular complexity index is 1510. The average molecular weight is 572 g/mol. The van der Waals surface area contributed by atoms with Crippen molar-refractivity contribution >= 4 is 21.7 Å². The average Bonchev–Trinajstić information content (AvgIpc) is 3.41. The highest BCUT2D eigenvalue weighted by Crippen LogP contribution is 2.45. The maximum atomic E-state index is 14.4. The molecule has 6 nitrogen and oxygen atoms in total. The zero-order chi connectivity index (χ0) is 28.7. The number of likely N-dealkylation sites (tertiary alicyclic amines) is 1. The molecule has 1 N–H and O–H groups in total. The molecule has 2 fully saturated rings. The van der Waals surface area contributed by atoms with Gasteiger partial charge in [-0.2, -0.15) is 0 Å². The van der Waals surface area contributed by atoms with E-state index in [1.807, 2.05) is 0 Å². The number of carbonyl (C=O) groups excluding carboxylic acids is 1. The van der Waals surface area contributed by atoms with Crippen LogP contribution in [0.25, 0.3) is 11.1 Å². The molecule has 0 spiro atoms. The van der Waals surface area contributed by atoms with E-state index in [0.717, 1.165) is 24.3 Å². The third kappa shape index (κ3) is 4.89. The Morgan fingerprint density at radius 3 is 1.98 bits per heavy atom. The minimum Gasteiger partial charge on any atom is -0.481 e. The minimum atomic E-state index is -4.17. The largest absolute Gasteiger partial charge is 0.481 e. The highest BCUT2D eigenvalue weighted by Gasteiger charge is 2.52. The molecule has 0 radical (unpaired) electrons. The zero-order valence-electron chi connectivity index (χ0n) is 21.5. The lowest BCUT2D eigenvalue weighted by Crippen LogP contribution is -2.42. The summed E-state index contributed by atoms with van der Waals surface area (Å²) in [5, 5.41) is 9.28. The van der Waals surface area contributed by atoms with Crippen molar-refractivity contribution in [3.8, 4) is 11.1 Å². The summed E-state index contributed by atoms with van der Waals surface area (Å²) in [5.41, 5.74) is 0.349. The van der Waals surface area contributed by atoms with E-state index in [1.54, 1.807) is 0 Å². The first kappa shape index (κ1) is 27.9. The summed E-state index contributed by atoms with van der Waals surface area (Å²) in [6.07, 6.45) is 1.65. The summed E-state index contributed by atoms with van der Waals surface area (Å²) in [5.74, 6) is -4.08. The molecule has 3 aromatic carbocycles. The molecular weight excluding hydrogens is 543 g/mol. The van der Waals surface area contributed by atoms with Crippen LogP contribution in [0.1, 0.15) is 37.7 Å². The molecule has 1 saturated heterocycles. The molecule has 40 heavy (non-hydrogen) atoms. The second-order valence-electron chi connectivity index (χ2n) is 10.5. The van der Waals surface area contributed by atoms with Crippen LogP contribution >= 0.6 is 0 Å². The Labute approximate surface area is 230 Å². The molecule has 10 heteroatoms. The van der Waals surface area contributed by atoms with Crippen LogP contribution in [-0.4, -0.2) is 43.4 Å². The van der Waals surface area contributed by atoms with Gasteiger partial charge >= 0.3 is 5.97 Å². The Hall–Kier alpha value is -3.66. The molecule has 3 aromatic rings. The number of carboxylic acids is 1. The fourth-order valence-electron chi connectivity index (χ4n) is 5.98. The first-order valence-electron chi connectivity index (χ1n) is 13.1. The normalized spacial score (nSPS) is 23.2.